The van der Waals surface area contributed by atoms with Crippen LogP contribution in [0.15, 0.2) is 67.0 Å². The lowest BCUT2D eigenvalue weighted by molar-refractivity contribution is 0.0949. The minimum absolute atomic E-state index is 0.160. The van der Waals surface area contributed by atoms with E-state index in [1.54, 1.807) is 42.6 Å². The molecule has 0 unspecified atom stereocenters. The van der Waals surface area contributed by atoms with Gasteiger partial charge in [0.1, 0.15) is 11.5 Å². The summed E-state index contributed by atoms with van der Waals surface area (Å²) in [4.78, 5) is 28.1. The molecule has 0 saturated carbocycles. The summed E-state index contributed by atoms with van der Waals surface area (Å²) in [5.41, 5.74) is 2.07. The number of hydrogen-bond donors (Lipinski definition) is 4. The van der Waals surface area contributed by atoms with Crippen molar-refractivity contribution in [1.29, 1.82) is 0 Å². The van der Waals surface area contributed by atoms with Crippen molar-refractivity contribution in [3.05, 3.63) is 83.7 Å². The molecule has 1 aromatic heterocycles. The SMILES string of the molecule is O=C(NCc1ccc(NC(=O)c2cccnc2)cc1)c1cc(O)cc(O)c1. The van der Waals surface area contributed by atoms with E-state index in [2.05, 4.69) is 15.6 Å². The van der Waals surface area contributed by atoms with Crippen molar-refractivity contribution in [2.75, 3.05) is 5.32 Å². The summed E-state index contributed by atoms with van der Waals surface area (Å²) in [7, 11) is 0. The Balaban J connectivity index is 1.57. The summed E-state index contributed by atoms with van der Waals surface area (Å²) in [5, 5.41) is 24.3. The molecule has 7 nitrogen and oxygen atoms in total. The third-order valence-electron chi connectivity index (χ3n) is 3.75. The number of nitrogens with one attached hydrogen (secondary N) is 2. The molecule has 0 atom stereocenters. The van der Waals surface area contributed by atoms with E-state index in [9.17, 15) is 19.8 Å². The lowest BCUT2D eigenvalue weighted by Gasteiger charge is -2.08. The zero-order valence-corrected chi connectivity index (χ0v) is 14.2. The van der Waals surface area contributed by atoms with Gasteiger partial charge < -0.3 is 20.8 Å². The third kappa shape index (κ3) is 4.82. The first-order valence-corrected chi connectivity index (χ1v) is 8.13. The second kappa shape index (κ2) is 8.01. The summed E-state index contributed by atoms with van der Waals surface area (Å²) in [6.07, 6.45) is 3.08. The van der Waals surface area contributed by atoms with Crippen molar-refractivity contribution in [2.24, 2.45) is 0 Å². The minimum Gasteiger partial charge on any atom is -0.508 e. The molecule has 27 heavy (non-hydrogen) atoms. The van der Waals surface area contributed by atoms with Gasteiger partial charge in [-0.25, -0.2) is 0 Å². The Morgan fingerprint density at radius 2 is 1.59 bits per heavy atom. The van der Waals surface area contributed by atoms with E-state index in [4.69, 9.17) is 0 Å². The lowest BCUT2D eigenvalue weighted by Crippen LogP contribution is -2.22. The van der Waals surface area contributed by atoms with Crippen LogP contribution in [0.4, 0.5) is 5.69 Å². The zero-order valence-electron chi connectivity index (χ0n) is 14.2. The predicted molar refractivity (Wildman–Crippen MR) is 99.6 cm³/mol. The highest BCUT2D eigenvalue weighted by atomic mass is 16.3. The van der Waals surface area contributed by atoms with Gasteiger partial charge >= 0.3 is 0 Å². The van der Waals surface area contributed by atoms with Crippen LogP contribution in [-0.2, 0) is 6.54 Å². The molecule has 0 aliphatic rings. The molecule has 2 aromatic carbocycles. The highest BCUT2D eigenvalue weighted by Crippen LogP contribution is 2.20. The van der Waals surface area contributed by atoms with Gasteiger partial charge in [-0.05, 0) is 42.0 Å². The topological polar surface area (TPSA) is 112 Å². The van der Waals surface area contributed by atoms with Crippen LogP contribution < -0.4 is 10.6 Å². The van der Waals surface area contributed by atoms with Gasteiger partial charge in [0, 0.05) is 36.3 Å². The van der Waals surface area contributed by atoms with Crippen molar-refractivity contribution >= 4 is 17.5 Å². The first kappa shape index (κ1) is 17.9. The number of carbonyl (C=O) groups is 2. The maximum Gasteiger partial charge on any atom is 0.257 e. The molecule has 4 N–H and O–H groups in total. The standard InChI is InChI=1S/C20H17N3O4/c24-17-8-15(9-18(25)10-17)19(26)22-11-13-3-5-16(6-4-13)23-20(27)14-2-1-7-21-12-14/h1-10,12,24-25H,11H2,(H,22,26)(H,23,27). The molecule has 0 radical (unpaired) electrons. The second-order valence-electron chi connectivity index (χ2n) is 5.81. The molecule has 2 amide bonds. The number of anilines is 1. The van der Waals surface area contributed by atoms with Crippen LogP contribution in [0.3, 0.4) is 0 Å². The Hall–Kier alpha value is -3.87. The van der Waals surface area contributed by atoms with Gasteiger partial charge in [0.25, 0.3) is 11.8 Å². The first-order valence-electron chi connectivity index (χ1n) is 8.13. The van der Waals surface area contributed by atoms with Gasteiger partial charge in [-0.1, -0.05) is 12.1 Å². The normalized spacial score (nSPS) is 10.2. The number of aromatic nitrogens is 1. The van der Waals surface area contributed by atoms with Crippen molar-refractivity contribution in [1.82, 2.24) is 10.3 Å². The maximum absolute atomic E-state index is 12.1. The number of pyridine rings is 1. The van der Waals surface area contributed by atoms with Gasteiger partial charge in [-0.2, -0.15) is 0 Å². The molecule has 0 spiro atoms. The Morgan fingerprint density at radius 1 is 0.889 bits per heavy atom. The number of phenolic OH excluding ortho intramolecular Hbond substituents is 2. The van der Waals surface area contributed by atoms with Crippen LogP contribution in [0, 0.1) is 0 Å². The fraction of sp³-hybridized carbons (Fsp3) is 0.0500. The molecule has 0 fully saturated rings. The second-order valence-corrected chi connectivity index (χ2v) is 5.81. The van der Waals surface area contributed by atoms with Crippen molar-refractivity contribution < 1.29 is 19.8 Å². The van der Waals surface area contributed by atoms with Crippen LogP contribution in [0.2, 0.25) is 0 Å². The molecule has 1 heterocycles. The average molecular weight is 363 g/mol. The number of hydrogen-bond acceptors (Lipinski definition) is 5. The van der Waals surface area contributed by atoms with Crippen molar-refractivity contribution in [3.8, 4) is 11.5 Å². The summed E-state index contributed by atoms with van der Waals surface area (Å²) in [6.45, 7) is 0.256. The fourth-order valence-electron chi connectivity index (χ4n) is 2.42. The lowest BCUT2D eigenvalue weighted by atomic mass is 10.1. The summed E-state index contributed by atoms with van der Waals surface area (Å²) in [6, 6.07) is 14.1. The maximum atomic E-state index is 12.1. The van der Waals surface area contributed by atoms with Crippen LogP contribution in [0.1, 0.15) is 26.3 Å². The third-order valence-corrected chi connectivity index (χ3v) is 3.75. The molecule has 0 aliphatic carbocycles. The van der Waals surface area contributed by atoms with E-state index < -0.39 is 5.91 Å². The highest BCUT2D eigenvalue weighted by Gasteiger charge is 2.09. The Morgan fingerprint density at radius 3 is 2.22 bits per heavy atom. The Bertz CT molecular complexity index is 936. The summed E-state index contributed by atoms with van der Waals surface area (Å²) < 4.78 is 0. The molecule has 0 saturated heterocycles. The molecule has 7 heteroatoms. The summed E-state index contributed by atoms with van der Waals surface area (Å²) in [5.74, 6) is -1.05. The molecule has 136 valence electrons. The molecule has 3 rings (SSSR count). The van der Waals surface area contributed by atoms with E-state index in [1.807, 2.05) is 0 Å². The van der Waals surface area contributed by atoms with Crippen LogP contribution in [-0.4, -0.2) is 27.0 Å². The van der Waals surface area contributed by atoms with Crippen molar-refractivity contribution in [3.63, 3.8) is 0 Å². The zero-order chi connectivity index (χ0) is 19.2. The van der Waals surface area contributed by atoms with E-state index >= 15 is 0 Å². The number of benzene rings is 2. The number of carbonyl (C=O) groups excluding carboxylic acids is 2. The summed E-state index contributed by atoms with van der Waals surface area (Å²) >= 11 is 0. The van der Waals surface area contributed by atoms with Gasteiger partial charge in [-0.3, -0.25) is 14.6 Å². The van der Waals surface area contributed by atoms with Gasteiger partial charge in [0.05, 0.1) is 5.56 Å². The molecule has 0 aliphatic heterocycles. The number of nitrogens with zero attached hydrogens (tertiary/aromatic N) is 1. The van der Waals surface area contributed by atoms with E-state index in [-0.39, 0.29) is 29.5 Å². The van der Waals surface area contributed by atoms with Crippen LogP contribution >= 0.6 is 0 Å². The largest absolute Gasteiger partial charge is 0.508 e. The monoisotopic (exact) mass is 363 g/mol. The Kier molecular flexibility index (Phi) is 5.32. The first-order chi connectivity index (χ1) is 13.0. The van der Waals surface area contributed by atoms with Gasteiger partial charge in [0.15, 0.2) is 0 Å². The quantitative estimate of drug-likeness (QED) is 0.557. The number of rotatable bonds is 5. The molecule has 3 aromatic rings. The fourth-order valence-corrected chi connectivity index (χ4v) is 2.42. The molecule has 0 bridgehead atoms. The molecular weight excluding hydrogens is 346 g/mol. The van der Waals surface area contributed by atoms with Gasteiger partial charge in [-0.15, -0.1) is 0 Å². The van der Waals surface area contributed by atoms with E-state index in [0.29, 0.717) is 11.3 Å². The van der Waals surface area contributed by atoms with E-state index in [1.165, 1.54) is 18.3 Å². The number of aromatic hydroxyl groups is 2. The minimum atomic E-state index is -0.421. The van der Waals surface area contributed by atoms with Crippen LogP contribution in [0.5, 0.6) is 11.5 Å². The van der Waals surface area contributed by atoms with Crippen molar-refractivity contribution in [2.45, 2.75) is 6.54 Å². The highest BCUT2D eigenvalue weighted by molar-refractivity contribution is 6.04. The van der Waals surface area contributed by atoms with Gasteiger partial charge in [0.2, 0.25) is 0 Å². The number of phenols is 2. The van der Waals surface area contributed by atoms with E-state index in [0.717, 1.165) is 11.6 Å². The molecular formula is C20H17N3O4. The van der Waals surface area contributed by atoms with Crippen LogP contribution in [0.25, 0.3) is 0 Å². The number of amides is 2. The smallest absolute Gasteiger partial charge is 0.257 e. The Labute approximate surface area is 155 Å². The average Bonchev–Trinajstić information content (AvgIpc) is 2.67. The predicted octanol–water partition coefficient (Wildman–Crippen LogP) is 2.68.